The van der Waals surface area contributed by atoms with Crippen molar-refractivity contribution in [2.45, 2.75) is 44.3 Å². The van der Waals surface area contributed by atoms with E-state index in [-0.39, 0.29) is 23.4 Å². The Hall–Kier alpha value is -2.81. The second-order valence-electron chi connectivity index (χ2n) is 8.39. The lowest BCUT2D eigenvalue weighted by Crippen LogP contribution is -2.59. The number of rotatable bonds is 0. The number of ketones is 1. The Morgan fingerprint density at radius 2 is 1.21 bits per heavy atom. The van der Waals surface area contributed by atoms with E-state index in [4.69, 9.17) is 9.47 Å². The van der Waals surface area contributed by atoms with E-state index in [9.17, 15) is 4.79 Å². The lowest BCUT2D eigenvalue weighted by molar-refractivity contribution is -0.122. The van der Waals surface area contributed by atoms with Gasteiger partial charge in [0.2, 0.25) is 0 Å². The number of hydrogen-bond acceptors (Lipinski definition) is 3. The third-order valence-electron chi connectivity index (χ3n) is 6.87. The fourth-order valence-electron chi connectivity index (χ4n) is 5.54. The monoisotopic (exact) mass is 370 g/mol. The molecule has 0 radical (unpaired) electrons. The number of para-hydroxylation sites is 2. The Labute approximate surface area is 164 Å². The van der Waals surface area contributed by atoms with E-state index in [0.29, 0.717) is 0 Å². The van der Waals surface area contributed by atoms with Crippen molar-refractivity contribution in [3.63, 3.8) is 0 Å². The molecule has 2 aliphatic carbocycles. The van der Waals surface area contributed by atoms with Gasteiger partial charge >= 0.3 is 0 Å². The van der Waals surface area contributed by atoms with E-state index in [1.54, 1.807) is 0 Å². The van der Waals surface area contributed by atoms with Crippen LogP contribution < -0.4 is 9.47 Å². The molecule has 2 aromatic rings. The normalized spacial score (nSPS) is 26.5. The van der Waals surface area contributed by atoms with Crippen molar-refractivity contribution in [2.24, 2.45) is 5.41 Å². The maximum absolute atomic E-state index is 13.5. The molecule has 2 saturated carbocycles. The summed E-state index contributed by atoms with van der Waals surface area (Å²) in [6.45, 7) is 0. The van der Waals surface area contributed by atoms with E-state index in [1.807, 2.05) is 48.5 Å². The molecular weight excluding hydrogens is 348 g/mol. The first kappa shape index (κ1) is 16.2. The van der Waals surface area contributed by atoms with Crippen molar-refractivity contribution in [1.82, 2.24) is 0 Å². The first-order valence-corrected chi connectivity index (χ1v) is 10.3. The minimum Gasteiger partial charge on any atom is -0.484 e. The highest BCUT2D eigenvalue weighted by Gasteiger charge is 2.59. The van der Waals surface area contributed by atoms with Crippen LogP contribution in [0, 0.1) is 5.41 Å². The van der Waals surface area contributed by atoms with Crippen molar-refractivity contribution in [1.29, 1.82) is 0 Å². The van der Waals surface area contributed by atoms with Gasteiger partial charge in [-0.15, -0.1) is 0 Å². The van der Waals surface area contributed by atoms with Gasteiger partial charge in [0.15, 0.2) is 5.78 Å². The fourth-order valence-corrected chi connectivity index (χ4v) is 5.54. The van der Waals surface area contributed by atoms with Gasteiger partial charge in [0.05, 0.1) is 5.41 Å². The van der Waals surface area contributed by atoms with Crippen molar-refractivity contribution < 1.29 is 14.3 Å². The van der Waals surface area contributed by atoms with E-state index < -0.39 is 0 Å². The van der Waals surface area contributed by atoms with Crippen LogP contribution in [0.1, 0.15) is 43.2 Å². The van der Waals surface area contributed by atoms with Crippen molar-refractivity contribution in [3.05, 3.63) is 70.8 Å². The summed E-state index contributed by atoms with van der Waals surface area (Å²) in [5, 5.41) is 0. The highest BCUT2D eigenvalue weighted by molar-refractivity contribution is 6.17. The number of carbonyl (C=O) groups is 1. The summed E-state index contributed by atoms with van der Waals surface area (Å²) in [6.07, 6.45) is 9.23. The molecule has 2 fully saturated rings. The lowest BCUT2D eigenvalue weighted by atomic mass is 9.57. The van der Waals surface area contributed by atoms with E-state index in [0.717, 1.165) is 59.5 Å². The average Bonchev–Trinajstić information content (AvgIpc) is 2.76. The predicted molar refractivity (Wildman–Crippen MR) is 108 cm³/mol. The van der Waals surface area contributed by atoms with E-state index in [1.165, 1.54) is 6.42 Å². The summed E-state index contributed by atoms with van der Waals surface area (Å²) in [5.74, 6) is 1.82. The van der Waals surface area contributed by atoms with E-state index in [2.05, 4.69) is 12.2 Å². The average molecular weight is 370 g/mol. The molecule has 28 heavy (non-hydrogen) atoms. The topological polar surface area (TPSA) is 35.5 Å². The van der Waals surface area contributed by atoms with Crippen LogP contribution in [0.3, 0.4) is 0 Å². The fraction of sp³-hybridized carbons (Fsp3) is 0.320. The maximum atomic E-state index is 13.5. The molecule has 2 heterocycles. The molecule has 0 aromatic heterocycles. The molecule has 0 saturated heterocycles. The highest BCUT2D eigenvalue weighted by Crippen LogP contribution is 2.56. The standard InChI is InChI=1S/C25H22O3/c26-22-18-14-16-8-2-4-10-20(16)27-23(18)25(12-6-1-7-13-25)24-19(22)15-17-9-3-5-11-21(17)28-24/h2-5,8-11,14-15,23-24H,1,6-7,12-13H2/t23-,24-/m1/s1. The molecule has 6 rings (SSSR count). The maximum Gasteiger partial charge on any atom is 0.192 e. The van der Waals surface area contributed by atoms with Gasteiger partial charge in [-0.1, -0.05) is 55.7 Å². The molecule has 3 nitrogen and oxygen atoms in total. The quantitative estimate of drug-likeness (QED) is 0.639. The third-order valence-corrected chi connectivity index (χ3v) is 6.87. The molecule has 0 bridgehead atoms. The molecular formula is C25H22O3. The molecule has 0 unspecified atom stereocenters. The Balaban J connectivity index is 1.57. The van der Waals surface area contributed by atoms with Crippen LogP contribution in [0.25, 0.3) is 12.2 Å². The summed E-state index contributed by atoms with van der Waals surface area (Å²) < 4.78 is 13.1. The number of benzene rings is 2. The first-order chi connectivity index (χ1) is 13.8. The summed E-state index contributed by atoms with van der Waals surface area (Å²) in [6, 6.07) is 16.0. The molecule has 2 aliphatic heterocycles. The van der Waals surface area contributed by atoms with Gasteiger partial charge in [0.1, 0.15) is 23.7 Å². The highest BCUT2D eigenvalue weighted by atomic mass is 16.5. The minimum atomic E-state index is -0.234. The van der Waals surface area contributed by atoms with E-state index >= 15 is 0 Å². The summed E-state index contributed by atoms with van der Waals surface area (Å²) in [5.41, 5.74) is 3.39. The zero-order valence-corrected chi connectivity index (χ0v) is 15.7. The Morgan fingerprint density at radius 1 is 0.714 bits per heavy atom. The van der Waals surface area contributed by atoms with Crippen LogP contribution in [0.5, 0.6) is 11.5 Å². The zero-order valence-electron chi connectivity index (χ0n) is 15.7. The van der Waals surface area contributed by atoms with Crippen LogP contribution in [-0.2, 0) is 4.79 Å². The van der Waals surface area contributed by atoms with Crippen molar-refractivity contribution >= 4 is 17.9 Å². The van der Waals surface area contributed by atoms with Crippen LogP contribution in [0.4, 0.5) is 0 Å². The third kappa shape index (κ3) is 2.13. The molecule has 0 N–H and O–H groups in total. The minimum absolute atomic E-state index is 0.0789. The summed E-state index contributed by atoms with van der Waals surface area (Å²) in [4.78, 5) is 13.5. The Bertz CT molecular complexity index is 964. The Morgan fingerprint density at radius 3 is 1.75 bits per heavy atom. The van der Waals surface area contributed by atoms with Gasteiger partial charge < -0.3 is 9.47 Å². The van der Waals surface area contributed by atoms with Gasteiger partial charge in [-0.05, 0) is 37.1 Å². The molecule has 3 heteroatoms. The van der Waals surface area contributed by atoms with Crippen LogP contribution in [-0.4, -0.2) is 18.0 Å². The van der Waals surface area contributed by atoms with Gasteiger partial charge in [0.25, 0.3) is 0 Å². The van der Waals surface area contributed by atoms with Gasteiger partial charge in [-0.3, -0.25) is 4.79 Å². The predicted octanol–water partition coefficient (Wildman–Crippen LogP) is 5.21. The molecule has 2 atom stereocenters. The van der Waals surface area contributed by atoms with Crippen LogP contribution >= 0.6 is 0 Å². The number of hydrogen-bond donors (Lipinski definition) is 0. The van der Waals surface area contributed by atoms with Gasteiger partial charge in [-0.2, -0.15) is 0 Å². The number of fused-ring (bicyclic) bond motifs is 6. The zero-order chi connectivity index (χ0) is 18.7. The summed E-state index contributed by atoms with van der Waals surface area (Å²) in [7, 11) is 0. The second-order valence-corrected chi connectivity index (χ2v) is 8.39. The smallest absolute Gasteiger partial charge is 0.192 e. The van der Waals surface area contributed by atoms with Gasteiger partial charge in [0, 0.05) is 22.3 Å². The van der Waals surface area contributed by atoms with Crippen molar-refractivity contribution in [3.8, 4) is 11.5 Å². The van der Waals surface area contributed by atoms with Gasteiger partial charge in [-0.25, -0.2) is 0 Å². The molecule has 1 spiro atoms. The molecule has 140 valence electrons. The summed E-state index contributed by atoms with van der Waals surface area (Å²) >= 11 is 0. The second kappa shape index (κ2) is 5.84. The molecule has 0 amide bonds. The number of ether oxygens (including phenoxy) is 2. The molecule has 2 aromatic carbocycles. The van der Waals surface area contributed by atoms with Crippen LogP contribution in [0.15, 0.2) is 59.7 Å². The number of carbonyl (C=O) groups excluding carboxylic acids is 1. The van der Waals surface area contributed by atoms with Crippen molar-refractivity contribution in [2.75, 3.05) is 0 Å². The SMILES string of the molecule is O=C1C2=Cc3ccccc3O[C@H]2C2(CCCCC2)[C@@H]2Oc3ccccc3C=C12. The first-order valence-electron chi connectivity index (χ1n) is 10.3. The van der Waals surface area contributed by atoms with Crippen LogP contribution in [0.2, 0.25) is 0 Å². The lowest BCUT2D eigenvalue weighted by Gasteiger charge is -2.53. The number of Topliss-reactive ketones (excluding diaryl/α,β-unsaturated/α-hetero) is 1. The Kier molecular flexibility index (Phi) is 3.37. The largest absolute Gasteiger partial charge is 0.484 e. The molecule has 4 aliphatic rings.